The fourth-order valence-electron chi connectivity index (χ4n) is 2.84. The zero-order valence-corrected chi connectivity index (χ0v) is 15.2. The predicted octanol–water partition coefficient (Wildman–Crippen LogP) is 3.11. The van der Waals surface area contributed by atoms with Gasteiger partial charge in [-0.1, -0.05) is 18.2 Å². The van der Waals surface area contributed by atoms with Crippen LogP contribution in [0.2, 0.25) is 0 Å². The molecule has 0 saturated carbocycles. The topological polar surface area (TPSA) is 44.9 Å². The van der Waals surface area contributed by atoms with Gasteiger partial charge < -0.3 is 14.6 Å². The molecule has 0 aliphatic heterocycles. The summed E-state index contributed by atoms with van der Waals surface area (Å²) in [5.41, 5.74) is 2.88. The summed E-state index contributed by atoms with van der Waals surface area (Å²) in [6.07, 6.45) is 4.80. The third-order valence-corrected chi connectivity index (χ3v) is 4.05. The molecule has 0 radical (unpaired) electrons. The number of guanidine groups is 1. The predicted molar refractivity (Wildman–Crippen MR) is 103 cm³/mol. The van der Waals surface area contributed by atoms with E-state index < -0.39 is 0 Å². The third-order valence-electron chi connectivity index (χ3n) is 4.05. The molecule has 26 heavy (non-hydrogen) atoms. The number of imidazole rings is 1. The number of halogens is 1. The van der Waals surface area contributed by atoms with Crippen LogP contribution in [0.4, 0.5) is 4.39 Å². The van der Waals surface area contributed by atoms with Crippen molar-refractivity contribution in [3.63, 3.8) is 0 Å². The van der Waals surface area contributed by atoms with Crippen LogP contribution in [0.15, 0.2) is 59.9 Å². The molecule has 0 amide bonds. The monoisotopic (exact) mass is 353 g/mol. The van der Waals surface area contributed by atoms with Crippen LogP contribution in [-0.4, -0.2) is 40.4 Å². The fourth-order valence-corrected chi connectivity index (χ4v) is 2.84. The molecule has 6 heteroatoms. The van der Waals surface area contributed by atoms with Gasteiger partial charge in [-0.2, -0.15) is 0 Å². The molecule has 1 N–H and O–H groups in total. The van der Waals surface area contributed by atoms with E-state index in [2.05, 4.69) is 15.3 Å². The lowest BCUT2D eigenvalue weighted by Crippen LogP contribution is -2.38. The van der Waals surface area contributed by atoms with E-state index in [1.54, 1.807) is 12.1 Å². The van der Waals surface area contributed by atoms with Crippen molar-refractivity contribution in [3.05, 3.63) is 71.9 Å². The second kappa shape index (κ2) is 8.47. The van der Waals surface area contributed by atoms with Crippen LogP contribution in [0.5, 0.6) is 0 Å². The van der Waals surface area contributed by atoms with E-state index in [1.807, 2.05) is 59.9 Å². The van der Waals surface area contributed by atoms with Gasteiger partial charge in [-0.3, -0.25) is 4.99 Å². The van der Waals surface area contributed by atoms with Crippen LogP contribution in [0.3, 0.4) is 0 Å². The van der Waals surface area contributed by atoms with Crippen LogP contribution in [0.25, 0.3) is 5.65 Å². The van der Waals surface area contributed by atoms with E-state index in [0.29, 0.717) is 13.1 Å². The molecule has 0 aliphatic carbocycles. The van der Waals surface area contributed by atoms with E-state index in [0.717, 1.165) is 35.8 Å². The molecule has 1 aromatic carbocycles. The van der Waals surface area contributed by atoms with Gasteiger partial charge in [-0.15, -0.1) is 0 Å². The maximum absolute atomic E-state index is 13.4. The van der Waals surface area contributed by atoms with Crippen molar-refractivity contribution < 1.29 is 4.39 Å². The smallest absolute Gasteiger partial charge is 0.193 e. The van der Waals surface area contributed by atoms with Crippen molar-refractivity contribution in [2.24, 2.45) is 4.99 Å². The average Bonchev–Trinajstić information content (AvgIpc) is 3.03. The van der Waals surface area contributed by atoms with Gasteiger partial charge >= 0.3 is 0 Å². The molecule has 0 fully saturated rings. The van der Waals surface area contributed by atoms with Crippen LogP contribution in [0, 0.1) is 5.82 Å². The van der Waals surface area contributed by atoms with Crippen molar-refractivity contribution in [1.29, 1.82) is 0 Å². The Morgan fingerprint density at radius 1 is 1.27 bits per heavy atom. The Hall–Kier alpha value is -2.89. The molecule has 0 saturated heterocycles. The van der Waals surface area contributed by atoms with Crippen molar-refractivity contribution in [1.82, 2.24) is 19.6 Å². The Kier molecular flexibility index (Phi) is 5.84. The number of aliphatic imine (C=N–C) groups is 1. The summed E-state index contributed by atoms with van der Waals surface area (Å²) in [5, 5.41) is 3.29. The fraction of sp³-hybridized carbons (Fsp3) is 0.300. The Labute approximate surface area is 153 Å². The van der Waals surface area contributed by atoms with Crippen LogP contribution < -0.4 is 5.32 Å². The summed E-state index contributed by atoms with van der Waals surface area (Å²) in [6.45, 7) is 4.05. The second-order valence-electron chi connectivity index (χ2n) is 6.17. The first-order chi connectivity index (χ1) is 12.7. The molecule has 3 aromatic rings. The van der Waals surface area contributed by atoms with Gasteiger partial charge in [-0.25, -0.2) is 9.37 Å². The first-order valence-corrected chi connectivity index (χ1v) is 8.82. The zero-order chi connectivity index (χ0) is 18.4. The standard InChI is InChI=1S/C20H24FN5/c1-3-22-20(25(2)14-16-7-6-8-17(21)13-16)23-11-10-18-15-26-12-5-4-9-19(26)24-18/h4-9,12-13,15H,3,10-11,14H2,1-2H3,(H,22,23). The van der Waals surface area contributed by atoms with Crippen LogP contribution in [-0.2, 0) is 13.0 Å². The van der Waals surface area contributed by atoms with Crippen LogP contribution in [0.1, 0.15) is 18.2 Å². The lowest BCUT2D eigenvalue weighted by molar-refractivity contribution is 0.475. The normalized spacial score (nSPS) is 11.7. The lowest BCUT2D eigenvalue weighted by Gasteiger charge is -2.22. The number of nitrogens with zero attached hydrogens (tertiary/aromatic N) is 4. The van der Waals surface area contributed by atoms with E-state index in [1.165, 1.54) is 6.07 Å². The van der Waals surface area contributed by atoms with E-state index in [4.69, 9.17) is 0 Å². The first kappa shape index (κ1) is 17.9. The van der Waals surface area contributed by atoms with Crippen LogP contribution >= 0.6 is 0 Å². The molecule has 0 spiro atoms. The number of nitrogens with one attached hydrogen (secondary N) is 1. The maximum atomic E-state index is 13.4. The quantitative estimate of drug-likeness (QED) is 0.547. The largest absolute Gasteiger partial charge is 0.357 e. The first-order valence-electron chi connectivity index (χ1n) is 8.82. The second-order valence-corrected chi connectivity index (χ2v) is 6.17. The van der Waals surface area contributed by atoms with Crippen molar-refractivity contribution in [2.45, 2.75) is 19.9 Å². The Balaban J connectivity index is 1.64. The number of hydrogen-bond acceptors (Lipinski definition) is 2. The highest BCUT2D eigenvalue weighted by molar-refractivity contribution is 5.79. The molecular weight excluding hydrogens is 329 g/mol. The molecule has 2 heterocycles. The molecule has 3 rings (SSSR count). The van der Waals surface area contributed by atoms with Gasteiger partial charge in [0.05, 0.1) is 5.69 Å². The molecule has 5 nitrogen and oxygen atoms in total. The molecular formula is C20H24FN5. The minimum Gasteiger partial charge on any atom is -0.357 e. The minimum atomic E-state index is -0.218. The van der Waals surface area contributed by atoms with Gasteiger partial charge in [-0.05, 0) is 36.8 Å². The number of aromatic nitrogens is 2. The maximum Gasteiger partial charge on any atom is 0.193 e. The van der Waals surface area contributed by atoms with Gasteiger partial charge in [0.2, 0.25) is 0 Å². The van der Waals surface area contributed by atoms with Gasteiger partial charge in [0, 0.05) is 45.5 Å². The summed E-state index contributed by atoms with van der Waals surface area (Å²) in [6, 6.07) is 12.6. The minimum absolute atomic E-state index is 0.218. The number of fused-ring (bicyclic) bond motifs is 1. The van der Waals surface area contributed by atoms with Gasteiger partial charge in [0.1, 0.15) is 11.5 Å². The van der Waals surface area contributed by atoms with Gasteiger partial charge in [0.15, 0.2) is 5.96 Å². The average molecular weight is 353 g/mol. The number of rotatable bonds is 6. The summed E-state index contributed by atoms with van der Waals surface area (Å²) < 4.78 is 15.4. The van der Waals surface area contributed by atoms with Crippen molar-refractivity contribution >= 4 is 11.6 Å². The zero-order valence-electron chi connectivity index (χ0n) is 15.2. The van der Waals surface area contributed by atoms with Crippen molar-refractivity contribution in [2.75, 3.05) is 20.1 Å². The van der Waals surface area contributed by atoms with E-state index in [9.17, 15) is 4.39 Å². The number of pyridine rings is 1. The lowest BCUT2D eigenvalue weighted by atomic mass is 10.2. The Morgan fingerprint density at radius 2 is 2.15 bits per heavy atom. The summed E-state index contributed by atoms with van der Waals surface area (Å²) >= 11 is 0. The molecule has 136 valence electrons. The molecule has 0 bridgehead atoms. The molecule has 0 aliphatic rings. The Morgan fingerprint density at radius 3 is 2.92 bits per heavy atom. The third kappa shape index (κ3) is 4.59. The highest BCUT2D eigenvalue weighted by Crippen LogP contribution is 2.07. The summed E-state index contributed by atoms with van der Waals surface area (Å²) in [4.78, 5) is 11.3. The SMILES string of the molecule is CCNC(=NCCc1cn2ccccc2n1)N(C)Cc1cccc(F)c1. The molecule has 0 unspecified atom stereocenters. The highest BCUT2D eigenvalue weighted by Gasteiger charge is 2.07. The molecule has 0 atom stereocenters. The van der Waals surface area contributed by atoms with Gasteiger partial charge in [0.25, 0.3) is 0 Å². The summed E-state index contributed by atoms with van der Waals surface area (Å²) in [5.74, 6) is 0.588. The summed E-state index contributed by atoms with van der Waals surface area (Å²) in [7, 11) is 1.96. The Bertz CT molecular complexity index is 854. The van der Waals surface area contributed by atoms with E-state index >= 15 is 0 Å². The molecule has 2 aromatic heterocycles. The number of hydrogen-bond donors (Lipinski definition) is 1. The number of benzene rings is 1. The highest BCUT2D eigenvalue weighted by atomic mass is 19.1. The van der Waals surface area contributed by atoms with Crippen molar-refractivity contribution in [3.8, 4) is 0 Å². The van der Waals surface area contributed by atoms with E-state index in [-0.39, 0.29) is 5.82 Å².